The molecule has 0 aromatic rings. The maximum Gasteiger partial charge on any atom is 0.0171 e. The van der Waals surface area contributed by atoms with Crippen molar-refractivity contribution in [3.8, 4) is 0 Å². The molecule has 0 aliphatic rings. The quantitative estimate of drug-likeness (QED) is 0.590. The first kappa shape index (κ1) is 10.5. The molecule has 0 aromatic carbocycles. The molecule has 0 amide bonds. The highest BCUT2D eigenvalue weighted by atomic mass is 15.1. The van der Waals surface area contributed by atoms with Crippen LogP contribution in [-0.4, -0.2) is 18.5 Å². The zero-order chi connectivity index (χ0) is 8.69. The SMILES string of the molecule is CC/C=C/N(C)CCC(C)C. The van der Waals surface area contributed by atoms with Crippen molar-refractivity contribution >= 4 is 0 Å². The van der Waals surface area contributed by atoms with Crippen LogP contribution in [0.1, 0.15) is 33.6 Å². The van der Waals surface area contributed by atoms with E-state index in [2.05, 4.69) is 45.0 Å². The first-order valence-electron chi connectivity index (χ1n) is 4.53. The number of hydrogen-bond donors (Lipinski definition) is 0. The molecule has 0 N–H and O–H groups in total. The van der Waals surface area contributed by atoms with Crippen LogP contribution < -0.4 is 0 Å². The minimum Gasteiger partial charge on any atom is -0.381 e. The Morgan fingerprint density at radius 1 is 1.36 bits per heavy atom. The van der Waals surface area contributed by atoms with Crippen LogP contribution in [0.2, 0.25) is 0 Å². The molecular formula is C10H21N. The molecule has 0 aromatic heterocycles. The minimum atomic E-state index is 0.812. The van der Waals surface area contributed by atoms with E-state index in [1.165, 1.54) is 13.0 Å². The molecule has 66 valence electrons. The van der Waals surface area contributed by atoms with E-state index < -0.39 is 0 Å². The summed E-state index contributed by atoms with van der Waals surface area (Å²) in [4.78, 5) is 2.25. The minimum absolute atomic E-state index is 0.812. The van der Waals surface area contributed by atoms with E-state index in [0.717, 1.165) is 12.3 Å². The predicted molar refractivity (Wildman–Crippen MR) is 51.5 cm³/mol. The van der Waals surface area contributed by atoms with Gasteiger partial charge in [-0.2, -0.15) is 0 Å². The van der Waals surface area contributed by atoms with Gasteiger partial charge in [0.05, 0.1) is 0 Å². The third-order valence-electron chi connectivity index (χ3n) is 1.65. The van der Waals surface area contributed by atoms with Crippen molar-refractivity contribution in [2.75, 3.05) is 13.6 Å². The Morgan fingerprint density at radius 2 is 2.00 bits per heavy atom. The fraction of sp³-hybridized carbons (Fsp3) is 0.800. The number of allylic oxidation sites excluding steroid dienone is 1. The van der Waals surface area contributed by atoms with E-state index in [4.69, 9.17) is 0 Å². The maximum atomic E-state index is 2.26. The van der Waals surface area contributed by atoms with E-state index in [-0.39, 0.29) is 0 Å². The van der Waals surface area contributed by atoms with Crippen molar-refractivity contribution in [1.29, 1.82) is 0 Å². The van der Waals surface area contributed by atoms with Gasteiger partial charge in [-0.25, -0.2) is 0 Å². The summed E-state index contributed by atoms with van der Waals surface area (Å²) in [6.07, 6.45) is 6.78. The molecule has 0 heterocycles. The molecule has 1 heteroatoms. The van der Waals surface area contributed by atoms with Crippen LogP contribution in [0.5, 0.6) is 0 Å². The number of hydrogen-bond acceptors (Lipinski definition) is 1. The van der Waals surface area contributed by atoms with Gasteiger partial charge in [0.1, 0.15) is 0 Å². The van der Waals surface area contributed by atoms with Gasteiger partial charge in [-0.1, -0.05) is 26.8 Å². The van der Waals surface area contributed by atoms with Crippen LogP contribution >= 0.6 is 0 Å². The molecule has 0 saturated heterocycles. The van der Waals surface area contributed by atoms with Crippen LogP contribution in [0.15, 0.2) is 12.3 Å². The number of rotatable bonds is 5. The van der Waals surface area contributed by atoms with Crippen molar-refractivity contribution in [3.05, 3.63) is 12.3 Å². The zero-order valence-electron chi connectivity index (χ0n) is 8.30. The molecule has 0 radical (unpaired) electrons. The van der Waals surface area contributed by atoms with E-state index in [1.54, 1.807) is 0 Å². The fourth-order valence-corrected chi connectivity index (χ4v) is 0.822. The summed E-state index contributed by atoms with van der Waals surface area (Å²) >= 11 is 0. The standard InChI is InChI=1S/C10H21N/c1-5-6-8-11(4)9-7-10(2)3/h6,8,10H,5,7,9H2,1-4H3/b8-6+. The molecule has 0 aliphatic heterocycles. The summed E-state index contributed by atoms with van der Waals surface area (Å²) < 4.78 is 0. The van der Waals surface area contributed by atoms with Crippen molar-refractivity contribution in [3.63, 3.8) is 0 Å². The summed E-state index contributed by atoms with van der Waals surface area (Å²) in [5.74, 6) is 0.812. The largest absolute Gasteiger partial charge is 0.381 e. The average molecular weight is 155 g/mol. The van der Waals surface area contributed by atoms with Gasteiger partial charge in [0.25, 0.3) is 0 Å². The van der Waals surface area contributed by atoms with Crippen LogP contribution in [0.4, 0.5) is 0 Å². The van der Waals surface area contributed by atoms with E-state index in [0.29, 0.717) is 0 Å². The summed E-state index contributed by atoms with van der Waals surface area (Å²) in [7, 11) is 2.13. The second-order valence-electron chi connectivity index (χ2n) is 3.46. The Bertz CT molecular complexity index is 105. The third-order valence-corrected chi connectivity index (χ3v) is 1.65. The lowest BCUT2D eigenvalue weighted by atomic mass is 10.1. The Kier molecular flexibility index (Phi) is 6.00. The molecule has 0 aliphatic carbocycles. The lowest BCUT2D eigenvalue weighted by molar-refractivity contribution is 0.403. The summed E-state index contributed by atoms with van der Waals surface area (Å²) in [6, 6.07) is 0. The second-order valence-corrected chi connectivity index (χ2v) is 3.46. The van der Waals surface area contributed by atoms with Crippen LogP contribution in [-0.2, 0) is 0 Å². The summed E-state index contributed by atoms with van der Waals surface area (Å²) in [5, 5.41) is 0. The highest BCUT2D eigenvalue weighted by molar-refractivity contribution is 4.78. The Balaban J connectivity index is 3.36. The maximum absolute atomic E-state index is 2.26. The van der Waals surface area contributed by atoms with Gasteiger partial charge in [-0.05, 0) is 25.0 Å². The average Bonchev–Trinajstić information content (AvgIpc) is 1.97. The molecule has 1 nitrogen and oxygen atoms in total. The topological polar surface area (TPSA) is 3.24 Å². The predicted octanol–water partition coefficient (Wildman–Crippen LogP) is 2.89. The van der Waals surface area contributed by atoms with Gasteiger partial charge in [0.2, 0.25) is 0 Å². The van der Waals surface area contributed by atoms with Crippen molar-refractivity contribution in [1.82, 2.24) is 4.90 Å². The monoisotopic (exact) mass is 155 g/mol. The summed E-state index contributed by atoms with van der Waals surface area (Å²) in [5.41, 5.74) is 0. The molecule has 0 atom stereocenters. The van der Waals surface area contributed by atoms with Gasteiger partial charge in [0, 0.05) is 13.6 Å². The van der Waals surface area contributed by atoms with E-state index in [9.17, 15) is 0 Å². The van der Waals surface area contributed by atoms with Crippen molar-refractivity contribution in [2.45, 2.75) is 33.6 Å². The Hall–Kier alpha value is -0.460. The van der Waals surface area contributed by atoms with Gasteiger partial charge in [-0.3, -0.25) is 0 Å². The third kappa shape index (κ3) is 7.44. The number of nitrogens with zero attached hydrogens (tertiary/aromatic N) is 1. The fourth-order valence-electron chi connectivity index (χ4n) is 0.822. The first-order valence-corrected chi connectivity index (χ1v) is 4.53. The molecule has 0 unspecified atom stereocenters. The highest BCUT2D eigenvalue weighted by Gasteiger charge is 1.94. The Morgan fingerprint density at radius 3 is 2.45 bits per heavy atom. The molecular weight excluding hydrogens is 134 g/mol. The highest BCUT2D eigenvalue weighted by Crippen LogP contribution is 2.00. The van der Waals surface area contributed by atoms with Gasteiger partial charge in [0.15, 0.2) is 0 Å². The first-order chi connectivity index (χ1) is 5.16. The Labute approximate surface area is 71.1 Å². The molecule has 11 heavy (non-hydrogen) atoms. The lowest BCUT2D eigenvalue weighted by Crippen LogP contribution is -2.13. The zero-order valence-corrected chi connectivity index (χ0v) is 8.30. The molecule has 0 bridgehead atoms. The van der Waals surface area contributed by atoms with Gasteiger partial charge < -0.3 is 4.90 Å². The normalized spacial score (nSPS) is 11.4. The van der Waals surface area contributed by atoms with E-state index >= 15 is 0 Å². The molecule has 0 spiro atoms. The van der Waals surface area contributed by atoms with Gasteiger partial charge in [-0.15, -0.1) is 0 Å². The van der Waals surface area contributed by atoms with Crippen molar-refractivity contribution < 1.29 is 0 Å². The lowest BCUT2D eigenvalue weighted by Gasteiger charge is -2.14. The van der Waals surface area contributed by atoms with Crippen LogP contribution in [0.3, 0.4) is 0 Å². The molecule has 0 fully saturated rings. The summed E-state index contributed by atoms with van der Waals surface area (Å²) in [6.45, 7) is 7.86. The smallest absolute Gasteiger partial charge is 0.0171 e. The van der Waals surface area contributed by atoms with Crippen LogP contribution in [0, 0.1) is 5.92 Å². The molecule has 0 rings (SSSR count). The van der Waals surface area contributed by atoms with Crippen LogP contribution in [0.25, 0.3) is 0 Å². The second kappa shape index (κ2) is 6.26. The van der Waals surface area contributed by atoms with Crippen molar-refractivity contribution in [2.24, 2.45) is 5.92 Å². The molecule has 0 saturated carbocycles. The van der Waals surface area contributed by atoms with Gasteiger partial charge >= 0.3 is 0 Å². The van der Waals surface area contributed by atoms with E-state index in [1.807, 2.05) is 0 Å².